The van der Waals surface area contributed by atoms with Crippen LogP contribution in [-0.4, -0.2) is 34.6 Å². The van der Waals surface area contributed by atoms with E-state index in [1.54, 1.807) is 6.07 Å². The maximum absolute atomic E-state index is 11.4. The normalized spacial score (nSPS) is 25.1. The Morgan fingerprint density at radius 2 is 2.53 bits per heavy atom. The van der Waals surface area contributed by atoms with E-state index >= 15 is 0 Å². The predicted octanol–water partition coefficient (Wildman–Crippen LogP) is -0.160. The van der Waals surface area contributed by atoms with Crippen molar-refractivity contribution in [3.8, 4) is 0 Å². The number of carbonyl (C=O) groups excluding carboxylic acids is 1. The Morgan fingerprint density at radius 3 is 3.12 bits per heavy atom. The molecule has 17 heavy (non-hydrogen) atoms. The molecule has 1 amide bonds. The molecule has 0 saturated carbocycles. The van der Waals surface area contributed by atoms with E-state index in [-0.39, 0.29) is 5.76 Å². The van der Waals surface area contributed by atoms with Gasteiger partial charge in [0, 0.05) is 25.2 Å². The van der Waals surface area contributed by atoms with Crippen LogP contribution in [0.3, 0.4) is 0 Å². The van der Waals surface area contributed by atoms with Crippen LogP contribution in [0, 0.1) is 0 Å². The molecule has 94 valence electrons. The van der Waals surface area contributed by atoms with E-state index in [9.17, 15) is 9.90 Å². The lowest BCUT2D eigenvalue weighted by molar-refractivity contribution is 0.0678. The van der Waals surface area contributed by atoms with Crippen molar-refractivity contribution in [3.05, 3.63) is 23.7 Å². The lowest BCUT2D eigenvalue weighted by Crippen LogP contribution is -2.32. The van der Waals surface area contributed by atoms with Crippen molar-refractivity contribution in [2.24, 2.45) is 5.84 Å². The fourth-order valence-electron chi connectivity index (χ4n) is 2.14. The van der Waals surface area contributed by atoms with E-state index < -0.39 is 11.5 Å². The molecule has 6 heteroatoms. The molecule has 1 atom stereocenters. The summed E-state index contributed by atoms with van der Waals surface area (Å²) in [6.07, 6.45) is 2.21. The molecule has 0 aromatic carbocycles. The van der Waals surface area contributed by atoms with E-state index in [0.29, 0.717) is 13.1 Å². The third-order valence-corrected chi connectivity index (χ3v) is 3.01. The molecule has 1 saturated heterocycles. The van der Waals surface area contributed by atoms with E-state index in [2.05, 4.69) is 4.90 Å². The molecule has 6 nitrogen and oxygen atoms in total. The number of carbonyl (C=O) groups is 1. The Balaban J connectivity index is 2.05. The summed E-state index contributed by atoms with van der Waals surface area (Å²) in [5.41, 5.74) is 2.19. The number of hydrazine groups is 1. The zero-order chi connectivity index (χ0) is 12.5. The lowest BCUT2D eigenvalue weighted by atomic mass is 10.1. The number of likely N-dealkylation sites (tertiary alicyclic amines) is 1. The lowest BCUT2D eigenvalue weighted by Gasteiger charge is -2.18. The molecule has 1 aromatic rings. The molecule has 1 fully saturated rings. The Hall–Kier alpha value is -1.37. The van der Waals surface area contributed by atoms with Gasteiger partial charge in [0.2, 0.25) is 0 Å². The highest BCUT2D eigenvalue weighted by Crippen LogP contribution is 2.23. The largest absolute Gasteiger partial charge is 0.459 e. The molecule has 4 N–H and O–H groups in total. The Labute approximate surface area is 99.3 Å². The van der Waals surface area contributed by atoms with Crippen LogP contribution in [0.1, 0.15) is 29.5 Å². The summed E-state index contributed by atoms with van der Waals surface area (Å²) in [4.78, 5) is 13.5. The molecule has 1 aromatic heterocycles. The van der Waals surface area contributed by atoms with Crippen LogP contribution in [0.25, 0.3) is 0 Å². The van der Waals surface area contributed by atoms with Gasteiger partial charge in [0.05, 0.1) is 11.9 Å². The minimum absolute atomic E-state index is 0.235. The van der Waals surface area contributed by atoms with Crippen LogP contribution >= 0.6 is 0 Å². The Bertz CT molecular complexity index is 414. The summed E-state index contributed by atoms with van der Waals surface area (Å²) in [5.74, 6) is 4.87. The van der Waals surface area contributed by atoms with Crippen molar-refractivity contribution >= 4 is 5.91 Å². The molecule has 0 spiro atoms. The van der Waals surface area contributed by atoms with E-state index in [1.165, 1.54) is 6.26 Å². The number of β-amino-alcohol motifs (C(OH)–C–C–N with tert-alkyl or cyclic N) is 1. The SMILES string of the molecule is CC1(O)CCN(Cc2ccoc2C(=O)NN)C1. The predicted molar refractivity (Wildman–Crippen MR) is 60.9 cm³/mol. The van der Waals surface area contributed by atoms with Gasteiger partial charge in [-0.25, -0.2) is 5.84 Å². The van der Waals surface area contributed by atoms with E-state index in [4.69, 9.17) is 10.3 Å². The van der Waals surface area contributed by atoms with Gasteiger partial charge in [0.25, 0.3) is 0 Å². The monoisotopic (exact) mass is 239 g/mol. The zero-order valence-corrected chi connectivity index (χ0v) is 9.77. The highest BCUT2D eigenvalue weighted by Gasteiger charge is 2.31. The van der Waals surface area contributed by atoms with Crippen LogP contribution in [0.2, 0.25) is 0 Å². The molecule has 1 aliphatic heterocycles. The molecule has 1 aliphatic rings. The summed E-state index contributed by atoms with van der Waals surface area (Å²) in [6.45, 7) is 3.80. The third kappa shape index (κ3) is 2.66. The number of hydrogen-bond donors (Lipinski definition) is 3. The van der Waals surface area contributed by atoms with Crippen molar-refractivity contribution in [1.29, 1.82) is 0 Å². The zero-order valence-electron chi connectivity index (χ0n) is 9.77. The van der Waals surface area contributed by atoms with Gasteiger partial charge in [-0.15, -0.1) is 0 Å². The van der Waals surface area contributed by atoms with Gasteiger partial charge in [-0.3, -0.25) is 15.1 Å². The number of nitrogens with zero attached hydrogens (tertiary/aromatic N) is 1. The summed E-state index contributed by atoms with van der Waals surface area (Å²) in [5, 5.41) is 9.85. The van der Waals surface area contributed by atoms with Crippen LogP contribution in [0.4, 0.5) is 0 Å². The van der Waals surface area contributed by atoms with E-state index in [1.807, 2.05) is 12.3 Å². The van der Waals surface area contributed by atoms with Crippen molar-refractivity contribution in [2.75, 3.05) is 13.1 Å². The number of rotatable bonds is 3. The number of amides is 1. The first-order chi connectivity index (χ1) is 8.02. The summed E-state index contributed by atoms with van der Waals surface area (Å²) in [6, 6.07) is 1.75. The summed E-state index contributed by atoms with van der Waals surface area (Å²) >= 11 is 0. The molecular weight excluding hydrogens is 222 g/mol. The minimum Gasteiger partial charge on any atom is -0.459 e. The van der Waals surface area contributed by atoms with Gasteiger partial charge < -0.3 is 9.52 Å². The highest BCUT2D eigenvalue weighted by atomic mass is 16.3. The fourth-order valence-corrected chi connectivity index (χ4v) is 2.14. The third-order valence-electron chi connectivity index (χ3n) is 3.01. The van der Waals surface area contributed by atoms with Crippen molar-refractivity contribution in [1.82, 2.24) is 10.3 Å². The second kappa shape index (κ2) is 4.48. The number of nitrogens with two attached hydrogens (primary N) is 1. The Morgan fingerprint density at radius 1 is 1.76 bits per heavy atom. The molecular formula is C11H17N3O3. The second-order valence-corrected chi connectivity index (χ2v) is 4.71. The molecule has 0 aliphatic carbocycles. The topological polar surface area (TPSA) is 91.7 Å². The molecule has 2 rings (SSSR count). The Kier molecular flexibility index (Phi) is 3.19. The maximum atomic E-state index is 11.4. The first-order valence-electron chi connectivity index (χ1n) is 5.54. The number of nitrogen functional groups attached to an aromatic ring is 1. The van der Waals surface area contributed by atoms with Gasteiger partial charge >= 0.3 is 5.91 Å². The highest BCUT2D eigenvalue weighted by molar-refractivity contribution is 5.92. The first-order valence-corrected chi connectivity index (χ1v) is 5.54. The molecule has 0 bridgehead atoms. The number of aliphatic hydroxyl groups is 1. The van der Waals surface area contributed by atoms with Crippen molar-refractivity contribution < 1.29 is 14.3 Å². The number of nitrogens with one attached hydrogen (secondary N) is 1. The molecule has 1 unspecified atom stereocenters. The summed E-state index contributed by atoms with van der Waals surface area (Å²) < 4.78 is 5.10. The average molecular weight is 239 g/mol. The fraction of sp³-hybridized carbons (Fsp3) is 0.545. The van der Waals surface area contributed by atoms with Gasteiger partial charge in [0.1, 0.15) is 0 Å². The van der Waals surface area contributed by atoms with E-state index in [0.717, 1.165) is 18.5 Å². The number of hydrogen-bond acceptors (Lipinski definition) is 5. The molecule has 0 radical (unpaired) electrons. The van der Waals surface area contributed by atoms with Crippen LogP contribution in [0.15, 0.2) is 16.7 Å². The first kappa shape index (κ1) is 12.1. The summed E-state index contributed by atoms with van der Waals surface area (Å²) in [7, 11) is 0. The van der Waals surface area contributed by atoms with Crippen LogP contribution in [0.5, 0.6) is 0 Å². The van der Waals surface area contributed by atoms with Crippen LogP contribution < -0.4 is 11.3 Å². The smallest absolute Gasteiger partial charge is 0.301 e. The van der Waals surface area contributed by atoms with Gasteiger partial charge in [-0.2, -0.15) is 0 Å². The number of furan rings is 1. The van der Waals surface area contributed by atoms with Crippen molar-refractivity contribution in [3.63, 3.8) is 0 Å². The van der Waals surface area contributed by atoms with Crippen molar-refractivity contribution in [2.45, 2.75) is 25.5 Å². The van der Waals surface area contributed by atoms with Gasteiger partial charge in [0.15, 0.2) is 5.76 Å². The van der Waals surface area contributed by atoms with Gasteiger partial charge in [-0.1, -0.05) is 0 Å². The standard InChI is InChI=1S/C11H17N3O3/c1-11(16)3-4-14(7-11)6-8-2-5-17-9(8)10(15)13-12/h2,5,16H,3-4,6-7,12H2,1H3,(H,13,15). The quantitative estimate of drug-likeness (QED) is 0.387. The maximum Gasteiger partial charge on any atom is 0.301 e. The van der Waals surface area contributed by atoms with Crippen LogP contribution in [-0.2, 0) is 6.54 Å². The molecule has 2 heterocycles. The average Bonchev–Trinajstić information content (AvgIpc) is 2.85. The minimum atomic E-state index is -0.639. The second-order valence-electron chi connectivity index (χ2n) is 4.71. The van der Waals surface area contributed by atoms with Gasteiger partial charge in [-0.05, 0) is 19.4 Å².